The lowest BCUT2D eigenvalue weighted by Gasteiger charge is -2.09. The minimum Gasteiger partial charge on any atom is -0.324 e. The molecule has 0 radical (unpaired) electrons. The third kappa shape index (κ3) is 3.14. The molecular formula is C12H13BrFN3. The molecule has 2 N–H and O–H groups in total. The van der Waals surface area contributed by atoms with Crippen molar-refractivity contribution in [1.29, 1.82) is 0 Å². The molecule has 90 valence electrons. The van der Waals surface area contributed by atoms with E-state index in [1.807, 2.05) is 19.3 Å². The number of nitrogens with two attached hydrogens (primary N) is 1. The van der Waals surface area contributed by atoms with Crippen molar-refractivity contribution in [3.63, 3.8) is 0 Å². The van der Waals surface area contributed by atoms with E-state index < -0.39 is 0 Å². The molecule has 0 saturated heterocycles. The summed E-state index contributed by atoms with van der Waals surface area (Å²) < 4.78 is 15.6. The Kier molecular flexibility index (Phi) is 3.59. The SMILES string of the molecule is Cn1cc(C(N)Cc2cc(F)cc(Br)c2)cn1. The van der Waals surface area contributed by atoms with Gasteiger partial charge in [-0.05, 0) is 30.2 Å². The molecule has 1 heterocycles. The first-order valence-electron chi connectivity index (χ1n) is 5.23. The van der Waals surface area contributed by atoms with E-state index in [-0.39, 0.29) is 11.9 Å². The zero-order chi connectivity index (χ0) is 12.4. The predicted molar refractivity (Wildman–Crippen MR) is 67.9 cm³/mol. The standard InChI is InChI=1S/C12H13BrFN3/c1-17-7-9(6-16-17)12(15)4-8-2-10(13)5-11(14)3-8/h2-3,5-7,12H,4,15H2,1H3. The molecule has 0 fully saturated rings. The maximum atomic E-state index is 13.2. The van der Waals surface area contributed by atoms with Crippen molar-refractivity contribution in [3.05, 3.63) is 52.0 Å². The average Bonchev–Trinajstić information content (AvgIpc) is 2.63. The van der Waals surface area contributed by atoms with Crippen molar-refractivity contribution >= 4 is 15.9 Å². The van der Waals surface area contributed by atoms with E-state index in [4.69, 9.17) is 5.73 Å². The molecule has 3 nitrogen and oxygen atoms in total. The van der Waals surface area contributed by atoms with Crippen LogP contribution in [0.25, 0.3) is 0 Å². The Morgan fingerprint density at radius 3 is 2.82 bits per heavy atom. The smallest absolute Gasteiger partial charge is 0.124 e. The average molecular weight is 298 g/mol. The van der Waals surface area contributed by atoms with Crippen LogP contribution in [0, 0.1) is 5.82 Å². The Bertz CT molecular complexity index is 504. The number of nitrogens with zero attached hydrogens (tertiary/aromatic N) is 2. The highest BCUT2D eigenvalue weighted by molar-refractivity contribution is 9.10. The fourth-order valence-electron chi connectivity index (χ4n) is 1.73. The molecular weight excluding hydrogens is 285 g/mol. The van der Waals surface area contributed by atoms with Crippen LogP contribution in [0.2, 0.25) is 0 Å². The molecule has 1 aromatic heterocycles. The van der Waals surface area contributed by atoms with Gasteiger partial charge in [-0.15, -0.1) is 0 Å². The van der Waals surface area contributed by atoms with Gasteiger partial charge in [-0.3, -0.25) is 4.68 Å². The second-order valence-electron chi connectivity index (χ2n) is 4.04. The minimum absolute atomic E-state index is 0.169. The summed E-state index contributed by atoms with van der Waals surface area (Å²) in [6.45, 7) is 0. The van der Waals surface area contributed by atoms with E-state index in [0.29, 0.717) is 6.42 Å². The van der Waals surface area contributed by atoms with E-state index in [0.717, 1.165) is 15.6 Å². The lowest BCUT2D eigenvalue weighted by molar-refractivity contribution is 0.621. The summed E-state index contributed by atoms with van der Waals surface area (Å²) in [6, 6.07) is 4.64. The maximum absolute atomic E-state index is 13.2. The molecule has 0 bridgehead atoms. The fourth-order valence-corrected chi connectivity index (χ4v) is 2.24. The van der Waals surface area contributed by atoms with Gasteiger partial charge in [0.05, 0.1) is 6.20 Å². The number of benzene rings is 1. The highest BCUT2D eigenvalue weighted by Crippen LogP contribution is 2.20. The molecule has 17 heavy (non-hydrogen) atoms. The van der Waals surface area contributed by atoms with E-state index in [2.05, 4.69) is 21.0 Å². The molecule has 0 aliphatic rings. The molecule has 2 aromatic rings. The van der Waals surface area contributed by atoms with Crippen molar-refractivity contribution in [3.8, 4) is 0 Å². The lowest BCUT2D eigenvalue weighted by atomic mass is 10.0. The molecule has 5 heteroatoms. The fraction of sp³-hybridized carbons (Fsp3) is 0.250. The van der Waals surface area contributed by atoms with E-state index in [1.54, 1.807) is 10.9 Å². The van der Waals surface area contributed by atoms with Gasteiger partial charge in [0, 0.05) is 29.3 Å². The van der Waals surface area contributed by atoms with Crippen LogP contribution >= 0.6 is 15.9 Å². The van der Waals surface area contributed by atoms with Crippen LogP contribution in [-0.4, -0.2) is 9.78 Å². The van der Waals surface area contributed by atoms with Crippen molar-refractivity contribution in [1.82, 2.24) is 9.78 Å². The normalized spacial score (nSPS) is 12.7. The highest BCUT2D eigenvalue weighted by atomic mass is 79.9. The molecule has 0 spiro atoms. The van der Waals surface area contributed by atoms with Gasteiger partial charge in [0.15, 0.2) is 0 Å². The second-order valence-corrected chi connectivity index (χ2v) is 4.95. The van der Waals surface area contributed by atoms with Gasteiger partial charge in [-0.25, -0.2) is 4.39 Å². The van der Waals surface area contributed by atoms with Crippen LogP contribution in [0.4, 0.5) is 4.39 Å². The molecule has 0 amide bonds. The number of hydrogen-bond donors (Lipinski definition) is 1. The molecule has 1 aromatic carbocycles. The minimum atomic E-state index is -0.257. The van der Waals surface area contributed by atoms with E-state index in [1.165, 1.54) is 12.1 Å². The third-order valence-corrected chi connectivity index (χ3v) is 2.99. The summed E-state index contributed by atoms with van der Waals surface area (Å²) in [5.41, 5.74) is 7.87. The maximum Gasteiger partial charge on any atom is 0.124 e. The van der Waals surface area contributed by atoms with Crippen LogP contribution < -0.4 is 5.73 Å². The second kappa shape index (κ2) is 4.98. The molecule has 2 rings (SSSR count). The molecule has 0 aliphatic heterocycles. The molecule has 0 saturated carbocycles. The number of rotatable bonds is 3. The first kappa shape index (κ1) is 12.3. The van der Waals surface area contributed by atoms with Gasteiger partial charge in [0.1, 0.15) is 5.82 Å². The monoisotopic (exact) mass is 297 g/mol. The van der Waals surface area contributed by atoms with Gasteiger partial charge in [-0.1, -0.05) is 15.9 Å². The van der Waals surface area contributed by atoms with E-state index >= 15 is 0 Å². The Morgan fingerprint density at radius 1 is 1.47 bits per heavy atom. The summed E-state index contributed by atoms with van der Waals surface area (Å²) in [4.78, 5) is 0. The van der Waals surface area contributed by atoms with Gasteiger partial charge in [0.2, 0.25) is 0 Å². The first-order chi connectivity index (χ1) is 8.04. The number of halogens is 2. The Balaban J connectivity index is 2.15. The number of aromatic nitrogens is 2. The van der Waals surface area contributed by atoms with Gasteiger partial charge in [-0.2, -0.15) is 5.10 Å². The van der Waals surface area contributed by atoms with Gasteiger partial charge >= 0.3 is 0 Å². The summed E-state index contributed by atoms with van der Waals surface area (Å²) in [7, 11) is 1.84. The number of aryl methyl sites for hydroxylation is 1. The van der Waals surface area contributed by atoms with Crippen LogP contribution in [-0.2, 0) is 13.5 Å². The van der Waals surface area contributed by atoms with Crippen LogP contribution in [0.3, 0.4) is 0 Å². The Hall–Kier alpha value is -1.20. The molecule has 1 unspecified atom stereocenters. The Morgan fingerprint density at radius 2 is 2.24 bits per heavy atom. The first-order valence-corrected chi connectivity index (χ1v) is 6.03. The Labute approximate surface area is 108 Å². The van der Waals surface area contributed by atoms with Crippen LogP contribution in [0.15, 0.2) is 35.1 Å². The zero-order valence-electron chi connectivity index (χ0n) is 9.40. The van der Waals surface area contributed by atoms with Crippen molar-refractivity contribution in [2.24, 2.45) is 12.8 Å². The van der Waals surface area contributed by atoms with Crippen LogP contribution in [0.1, 0.15) is 17.2 Å². The largest absolute Gasteiger partial charge is 0.324 e. The summed E-state index contributed by atoms with van der Waals surface area (Å²) >= 11 is 3.27. The van der Waals surface area contributed by atoms with Crippen molar-refractivity contribution < 1.29 is 4.39 Å². The van der Waals surface area contributed by atoms with Gasteiger partial charge < -0.3 is 5.73 Å². The van der Waals surface area contributed by atoms with Crippen molar-refractivity contribution in [2.45, 2.75) is 12.5 Å². The molecule has 1 atom stereocenters. The summed E-state index contributed by atoms with van der Waals surface area (Å²) in [5.74, 6) is -0.257. The predicted octanol–water partition coefficient (Wildman–Crippen LogP) is 2.56. The van der Waals surface area contributed by atoms with Crippen LogP contribution in [0.5, 0.6) is 0 Å². The lowest BCUT2D eigenvalue weighted by Crippen LogP contribution is -2.12. The summed E-state index contributed by atoms with van der Waals surface area (Å²) in [5, 5.41) is 4.07. The highest BCUT2D eigenvalue weighted by Gasteiger charge is 2.10. The van der Waals surface area contributed by atoms with E-state index in [9.17, 15) is 4.39 Å². The molecule has 0 aliphatic carbocycles. The quantitative estimate of drug-likeness (QED) is 0.946. The summed E-state index contributed by atoms with van der Waals surface area (Å²) in [6.07, 6.45) is 4.19. The third-order valence-electron chi connectivity index (χ3n) is 2.53. The topological polar surface area (TPSA) is 43.8 Å². The van der Waals surface area contributed by atoms with Gasteiger partial charge in [0.25, 0.3) is 0 Å². The zero-order valence-corrected chi connectivity index (χ0v) is 11.0. The number of hydrogen-bond acceptors (Lipinski definition) is 2. The van der Waals surface area contributed by atoms with Crippen molar-refractivity contribution in [2.75, 3.05) is 0 Å².